The first-order valence-electron chi connectivity index (χ1n) is 16.5. The summed E-state index contributed by atoms with van der Waals surface area (Å²) in [4.78, 5) is 49.0. The molecule has 1 atom stereocenters. The molecule has 1 saturated heterocycles. The van der Waals surface area contributed by atoms with Crippen molar-refractivity contribution in [3.63, 3.8) is 0 Å². The number of benzene rings is 2. The van der Waals surface area contributed by atoms with E-state index in [4.69, 9.17) is 19.2 Å². The molecular formula is C37H43N5O6. The van der Waals surface area contributed by atoms with Crippen LogP contribution >= 0.6 is 0 Å². The number of nitrogens with zero attached hydrogens (tertiary/aromatic N) is 2. The Labute approximate surface area is 280 Å². The third kappa shape index (κ3) is 6.67. The number of imidazole rings is 1. The summed E-state index contributed by atoms with van der Waals surface area (Å²) in [5.41, 5.74) is 5.47. The monoisotopic (exact) mass is 653 g/mol. The first kappa shape index (κ1) is 32.9. The Morgan fingerprint density at radius 2 is 1.75 bits per heavy atom. The number of H-pyrrole nitrogens is 1. The normalized spacial score (nSPS) is 16.0. The van der Waals surface area contributed by atoms with Crippen LogP contribution in [0.4, 0.5) is 5.69 Å². The van der Waals surface area contributed by atoms with Crippen molar-refractivity contribution in [2.75, 3.05) is 46.3 Å². The SMILES string of the molecule is COc1cc2c(c(OC)c1OC)-c1ccc(NCCCC(=O)N3CCC(c4nc5ccccc5[nH]4)CC3)c(=O)cc1C(NC(C)=O)CC2. The standard InChI is InChI=1S/C37H43N5O6/c1-22(43)39-27-13-11-24-20-32(46-2)35(47-3)36(48-4)34(24)25-12-14-30(31(44)21-26(25)27)38-17-7-10-33(45)42-18-15-23(16-19-42)37-40-28-8-5-6-9-29(28)41-37/h5-6,8-9,12,14,20-21,23,27H,7,10-11,13,15-19H2,1-4H3,(H,38,44)(H,39,43)(H,40,41). The summed E-state index contributed by atoms with van der Waals surface area (Å²) in [5, 5.41) is 6.29. The van der Waals surface area contributed by atoms with Gasteiger partial charge in [0.25, 0.3) is 0 Å². The summed E-state index contributed by atoms with van der Waals surface area (Å²) in [7, 11) is 4.71. The van der Waals surface area contributed by atoms with Gasteiger partial charge < -0.3 is 34.7 Å². The average Bonchev–Trinajstić information content (AvgIpc) is 3.40. The second-order valence-corrected chi connectivity index (χ2v) is 12.4. The number of hydrogen-bond donors (Lipinski definition) is 3. The number of nitrogens with one attached hydrogen (secondary N) is 3. The average molecular weight is 654 g/mol. The maximum Gasteiger partial charge on any atom is 0.222 e. The Balaban J connectivity index is 1.14. The molecule has 2 aliphatic rings. The fourth-order valence-electron chi connectivity index (χ4n) is 7.04. The molecule has 1 aliphatic carbocycles. The summed E-state index contributed by atoms with van der Waals surface area (Å²) in [5.74, 6) is 2.76. The molecule has 0 radical (unpaired) electrons. The number of amides is 2. The number of methoxy groups -OCH3 is 3. The van der Waals surface area contributed by atoms with Crippen LogP contribution in [-0.4, -0.2) is 67.6 Å². The molecule has 1 unspecified atom stereocenters. The molecular weight excluding hydrogens is 610 g/mol. The lowest BCUT2D eigenvalue weighted by atomic mass is 9.95. The maximum atomic E-state index is 13.6. The van der Waals surface area contributed by atoms with Crippen molar-refractivity contribution in [2.24, 2.45) is 0 Å². The number of carbonyl (C=O) groups is 2. The number of carbonyl (C=O) groups excluding carboxylic acids is 2. The van der Waals surface area contributed by atoms with E-state index in [9.17, 15) is 14.4 Å². The number of aromatic amines is 1. The molecule has 1 aromatic heterocycles. The number of para-hydroxylation sites is 2. The van der Waals surface area contributed by atoms with Crippen LogP contribution in [0.3, 0.4) is 0 Å². The van der Waals surface area contributed by atoms with Crippen molar-refractivity contribution in [1.82, 2.24) is 20.2 Å². The van der Waals surface area contributed by atoms with E-state index in [0.717, 1.165) is 46.4 Å². The molecule has 6 rings (SSSR count). The summed E-state index contributed by atoms with van der Waals surface area (Å²) >= 11 is 0. The van der Waals surface area contributed by atoms with Crippen LogP contribution in [-0.2, 0) is 16.0 Å². The van der Waals surface area contributed by atoms with Crippen molar-refractivity contribution in [1.29, 1.82) is 0 Å². The summed E-state index contributed by atoms with van der Waals surface area (Å²) in [6.07, 6.45) is 3.94. The van der Waals surface area contributed by atoms with Gasteiger partial charge in [-0.15, -0.1) is 0 Å². The van der Waals surface area contributed by atoms with E-state index >= 15 is 0 Å². The molecule has 252 valence electrons. The molecule has 2 amide bonds. The van der Waals surface area contributed by atoms with Crippen LogP contribution in [0.2, 0.25) is 0 Å². The van der Waals surface area contributed by atoms with E-state index in [1.165, 1.54) is 6.92 Å². The van der Waals surface area contributed by atoms with Gasteiger partial charge in [-0.2, -0.15) is 0 Å². The molecule has 0 spiro atoms. The van der Waals surface area contributed by atoms with Crippen molar-refractivity contribution < 1.29 is 23.8 Å². The van der Waals surface area contributed by atoms with E-state index < -0.39 is 0 Å². The van der Waals surface area contributed by atoms with Gasteiger partial charge in [-0.1, -0.05) is 18.2 Å². The van der Waals surface area contributed by atoms with Crippen LogP contribution in [0.5, 0.6) is 17.2 Å². The molecule has 1 fully saturated rings. The molecule has 2 heterocycles. The van der Waals surface area contributed by atoms with Gasteiger partial charge in [0.2, 0.25) is 23.0 Å². The van der Waals surface area contributed by atoms with Gasteiger partial charge in [-0.25, -0.2) is 4.98 Å². The van der Waals surface area contributed by atoms with E-state index in [-0.39, 0.29) is 23.3 Å². The Hall–Kier alpha value is -5.06. The van der Waals surface area contributed by atoms with Gasteiger partial charge in [-0.3, -0.25) is 14.4 Å². The van der Waals surface area contributed by atoms with Gasteiger partial charge in [0.1, 0.15) is 5.82 Å². The van der Waals surface area contributed by atoms with Gasteiger partial charge >= 0.3 is 0 Å². The number of piperidine rings is 1. The van der Waals surface area contributed by atoms with Crippen LogP contribution in [0.25, 0.3) is 22.2 Å². The van der Waals surface area contributed by atoms with Crippen LogP contribution in [0.15, 0.2) is 53.3 Å². The predicted octanol–water partition coefficient (Wildman–Crippen LogP) is 5.34. The minimum atomic E-state index is -0.381. The summed E-state index contributed by atoms with van der Waals surface area (Å²) < 4.78 is 17.1. The molecule has 11 heteroatoms. The zero-order valence-corrected chi connectivity index (χ0v) is 28.0. The zero-order chi connectivity index (χ0) is 33.8. The van der Waals surface area contributed by atoms with E-state index in [0.29, 0.717) is 79.7 Å². The molecule has 3 aromatic carbocycles. The minimum absolute atomic E-state index is 0.124. The minimum Gasteiger partial charge on any atom is -0.493 e. The third-order valence-corrected chi connectivity index (χ3v) is 9.44. The van der Waals surface area contributed by atoms with Crippen LogP contribution < -0.4 is 30.3 Å². The Morgan fingerprint density at radius 1 is 0.979 bits per heavy atom. The molecule has 48 heavy (non-hydrogen) atoms. The number of hydrogen-bond acceptors (Lipinski definition) is 8. The lowest BCUT2D eigenvalue weighted by Gasteiger charge is -2.31. The molecule has 1 aliphatic heterocycles. The van der Waals surface area contributed by atoms with E-state index in [1.54, 1.807) is 33.5 Å². The zero-order valence-electron chi connectivity index (χ0n) is 28.0. The lowest BCUT2D eigenvalue weighted by molar-refractivity contribution is -0.132. The van der Waals surface area contributed by atoms with Crippen molar-refractivity contribution in [2.45, 2.75) is 57.4 Å². The van der Waals surface area contributed by atoms with E-state index in [2.05, 4.69) is 15.6 Å². The molecule has 0 bridgehead atoms. The van der Waals surface area contributed by atoms with Crippen molar-refractivity contribution in [3.05, 3.63) is 75.7 Å². The molecule has 11 nitrogen and oxygen atoms in total. The Morgan fingerprint density at radius 3 is 2.46 bits per heavy atom. The number of ether oxygens (including phenoxy) is 3. The molecule has 4 aromatic rings. The second kappa shape index (κ2) is 14.4. The highest BCUT2D eigenvalue weighted by molar-refractivity contribution is 5.84. The highest BCUT2D eigenvalue weighted by Gasteiger charge is 2.30. The van der Waals surface area contributed by atoms with E-state index in [1.807, 2.05) is 41.3 Å². The second-order valence-electron chi connectivity index (χ2n) is 12.4. The van der Waals surface area contributed by atoms with Crippen molar-refractivity contribution in [3.8, 4) is 28.4 Å². The molecule has 0 saturated carbocycles. The fourth-order valence-corrected chi connectivity index (χ4v) is 7.04. The predicted molar refractivity (Wildman–Crippen MR) is 185 cm³/mol. The Kier molecular flexibility index (Phi) is 9.84. The van der Waals surface area contributed by atoms with Gasteiger partial charge in [0.15, 0.2) is 11.5 Å². The number of anilines is 1. The third-order valence-electron chi connectivity index (χ3n) is 9.44. The Bertz CT molecular complexity index is 1850. The fraction of sp³-hybridized carbons (Fsp3) is 0.405. The highest BCUT2D eigenvalue weighted by Crippen LogP contribution is 2.50. The van der Waals surface area contributed by atoms with Crippen LogP contribution in [0.1, 0.15) is 67.9 Å². The molecule has 3 N–H and O–H groups in total. The van der Waals surface area contributed by atoms with Crippen LogP contribution in [0, 0.1) is 0 Å². The first-order valence-corrected chi connectivity index (χ1v) is 16.5. The van der Waals surface area contributed by atoms with Gasteiger partial charge in [0.05, 0.1) is 44.1 Å². The summed E-state index contributed by atoms with van der Waals surface area (Å²) in [6.45, 7) is 3.35. The number of fused-ring (bicyclic) bond motifs is 4. The highest BCUT2D eigenvalue weighted by atomic mass is 16.5. The summed E-state index contributed by atoms with van der Waals surface area (Å²) in [6, 6.07) is 14.8. The number of aromatic nitrogens is 2. The van der Waals surface area contributed by atoms with Crippen molar-refractivity contribution >= 4 is 28.5 Å². The maximum absolute atomic E-state index is 13.6. The number of rotatable bonds is 10. The number of aryl methyl sites for hydroxylation is 1. The largest absolute Gasteiger partial charge is 0.493 e. The quantitative estimate of drug-likeness (QED) is 0.195. The first-order chi connectivity index (χ1) is 23.3. The number of likely N-dealkylation sites (tertiary alicyclic amines) is 1. The topological polar surface area (TPSA) is 135 Å². The smallest absolute Gasteiger partial charge is 0.222 e. The lowest BCUT2D eigenvalue weighted by Crippen LogP contribution is -2.38. The van der Waals surface area contributed by atoms with Gasteiger partial charge in [-0.05, 0) is 79.1 Å². The van der Waals surface area contributed by atoms with Gasteiger partial charge in [0, 0.05) is 44.5 Å².